The fourth-order valence-electron chi connectivity index (χ4n) is 3.00. The van der Waals surface area contributed by atoms with E-state index in [0.29, 0.717) is 19.5 Å². The molecule has 1 aromatic carbocycles. The van der Waals surface area contributed by atoms with E-state index in [1.165, 1.54) is 10.9 Å². The second-order valence-electron chi connectivity index (χ2n) is 5.52. The van der Waals surface area contributed by atoms with Gasteiger partial charge in [0.2, 0.25) is 0 Å². The van der Waals surface area contributed by atoms with E-state index >= 15 is 0 Å². The normalized spacial score (nSPS) is 20.9. The van der Waals surface area contributed by atoms with Crippen LogP contribution in [-0.2, 0) is 16.4 Å². The maximum Gasteiger partial charge on any atom is 0.151 e. The molecule has 21 heavy (non-hydrogen) atoms. The third-order valence-electron chi connectivity index (χ3n) is 4.08. The van der Waals surface area contributed by atoms with Gasteiger partial charge in [-0.15, -0.1) is 6.42 Å². The Hall–Kier alpha value is -1.77. The molecule has 5 heteroatoms. The van der Waals surface area contributed by atoms with Crippen molar-refractivity contribution < 1.29 is 8.42 Å². The van der Waals surface area contributed by atoms with Crippen LogP contribution in [0, 0.1) is 12.3 Å². The number of rotatable bonds is 4. The monoisotopic (exact) mass is 302 g/mol. The fraction of sp³-hybridized carbons (Fsp3) is 0.375. The van der Waals surface area contributed by atoms with E-state index in [2.05, 4.69) is 21.9 Å². The molecule has 1 fully saturated rings. The standard InChI is InChI=1S/C16H18N2O2S/c1-2-9-18(14-7-10-21(19,20)12-14)11-13-4-3-5-16-15(13)6-8-17-16/h1,3-6,8,14,17H,7,9-12H2/t14-/m0/s1. The zero-order valence-electron chi connectivity index (χ0n) is 11.7. The summed E-state index contributed by atoms with van der Waals surface area (Å²) >= 11 is 0. The van der Waals surface area contributed by atoms with Crippen molar-refractivity contribution in [2.45, 2.75) is 19.0 Å². The smallest absolute Gasteiger partial charge is 0.151 e. The first-order valence-electron chi connectivity index (χ1n) is 7.02. The minimum atomic E-state index is -2.90. The molecule has 0 radical (unpaired) electrons. The SMILES string of the molecule is C#CCN(Cc1cccc2[nH]ccc12)[C@H]1CCS(=O)(=O)C1. The van der Waals surface area contributed by atoms with Crippen LogP contribution < -0.4 is 0 Å². The molecule has 1 aliphatic heterocycles. The Bertz CT molecular complexity index is 786. The molecule has 3 rings (SSSR count). The molecule has 1 atom stereocenters. The Labute approximate surface area is 125 Å². The number of nitrogens with zero attached hydrogens (tertiary/aromatic N) is 1. The molecule has 0 spiro atoms. The van der Waals surface area contributed by atoms with E-state index < -0.39 is 9.84 Å². The van der Waals surface area contributed by atoms with Gasteiger partial charge in [0.1, 0.15) is 0 Å². The van der Waals surface area contributed by atoms with Crippen molar-refractivity contribution in [2.24, 2.45) is 0 Å². The summed E-state index contributed by atoms with van der Waals surface area (Å²) in [5.74, 6) is 3.15. The third-order valence-corrected chi connectivity index (χ3v) is 5.83. The summed E-state index contributed by atoms with van der Waals surface area (Å²) < 4.78 is 23.4. The maximum absolute atomic E-state index is 11.7. The van der Waals surface area contributed by atoms with Gasteiger partial charge in [-0.05, 0) is 24.1 Å². The fourth-order valence-corrected chi connectivity index (χ4v) is 4.76. The molecule has 1 saturated heterocycles. The second-order valence-corrected chi connectivity index (χ2v) is 7.75. The molecule has 1 aliphatic rings. The maximum atomic E-state index is 11.7. The van der Waals surface area contributed by atoms with Crippen molar-refractivity contribution in [1.82, 2.24) is 9.88 Å². The number of hydrogen-bond donors (Lipinski definition) is 1. The van der Waals surface area contributed by atoms with Crippen LogP contribution in [0.25, 0.3) is 10.9 Å². The van der Waals surface area contributed by atoms with Crippen LogP contribution in [0.3, 0.4) is 0 Å². The number of aromatic nitrogens is 1. The highest BCUT2D eigenvalue weighted by Crippen LogP contribution is 2.23. The number of terminal acetylenes is 1. The van der Waals surface area contributed by atoms with E-state index in [1.54, 1.807) is 0 Å². The third kappa shape index (κ3) is 2.97. The summed E-state index contributed by atoms with van der Waals surface area (Å²) in [5.41, 5.74) is 2.26. The van der Waals surface area contributed by atoms with Gasteiger partial charge in [-0.25, -0.2) is 8.42 Å². The quantitative estimate of drug-likeness (QED) is 0.876. The molecule has 0 bridgehead atoms. The summed E-state index contributed by atoms with van der Waals surface area (Å²) in [6.07, 6.45) is 8.05. The summed E-state index contributed by atoms with van der Waals surface area (Å²) in [6, 6.07) is 8.19. The molecule has 2 aromatic rings. The summed E-state index contributed by atoms with van der Waals surface area (Å²) in [4.78, 5) is 5.30. The molecule has 0 saturated carbocycles. The first-order chi connectivity index (χ1) is 10.1. The predicted octanol–water partition coefficient (Wildman–Crippen LogP) is 1.79. The van der Waals surface area contributed by atoms with Gasteiger partial charge < -0.3 is 4.98 Å². The summed E-state index contributed by atoms with van der Waals surface area (Å²) in [5, 5.41) is 1.17. The average Bonchev–Trinajstić information content (AvgIpc) is 3.05. The van der Waals surface area contributed by atoms with Gasteiger partial charge in [-0.2, -0.15) is 0 Å². The molecular weight excluding hydrogens is 284 g/mol. The van der Waals surface area contributed by atoms with Crippen molar-refractivity contribution in [1.29, 1.82) is 0 Å². The van der Waals surface area contributed by atoms with Crippen molar-refractivity contribution in [3.8, 4) is 12.3 Å². The average molecular weight is 302 g/mol. The zero-order valence-corrected chi connectivity index (χ0v) is 12.6. The van der Waals surface area contributed by atoms with E-state index in [4.69, 9.17) is 6.42 Å². The van der Waals surface area contributed by atoms with Crippen LogP contribution >= 0.6 is 0 Å². The first-order valence-corrected chi connectivity index (χ1v) is 8.84. The Morgan fingerprint density at radius 1 is 1.38 bits per heavy atom. The molecule has 2 heterocycles. The minimum absolute atomic E-state index is 0.0280. The molecule has 1 N–H and O–H groups in total. The Kier molecular flexibility index (Phi) is 3.75. The van der Waals surface area contributed by atoms with Gasteiger partial charge in [0.25, 0.3) is 0 Å². The number of nitrogens with one attached hydrogen (secondary N) is 1. The molecular formula is C16H18N2O2S. The molecule has 4 nitrogen and oxygen atoms in total. The van der Waals surface area contributed by atoms with Crippen molar-refractivity contribution in [3.63, 3.8) is 0 Å². The highest BCUT2D eigenvalue weighted by atomic mass is 32.2. The van der Waals surface area contributed by atoms with Gasteiger partial charge >= 0.3 is 0 Å². The zero-order chi connectivity index (χ0) is 14.9. The van der Waals surface area contributed by atoms with Crippen LogP contribution in [0.1, 0.15) is 12.0 Å². The minimum Gasteiger partial charge on any atom is -0.361 e. The van der Waals surface area contributed by atoms with Crippen LogP contribution in [0.5, 0.6) is 0 Å². The molecule has 1 aromatic heterocycles. The lowest BCUT2D eigenvalue weighted by molar-refractivity contribution is 0.231. The van der Waals surface area contributed by atoms with Crippen LogP contribution in [0.2, 0.25) is 0 Å². The van der Waals surface area contributed by atoms with E-state index in [9.17, 15) is 8.42 Å². The lowest BCUT2D eigenvalue weighted by Crippen LogP contribution is -2.36. The van der Waals surface area contributed by atoms with Crippen molar-refractivity contribution in [2.75, 3.05) is 18.1 Å². The molecule has 0 aliphatic carbocycles. The van der Waals surface area contributed by atoms with Crippen LogP contribution in [0.15, 0.2) is 30.5 Å². The van der Waals surface area contributed by atoms with Gasteiger partial charge in [0.05, 0.1) is 18.1 Å². The Morgan fingerprint density at radius 3 is 2.95 bits per heavy atom. The highest BCUT2D eigenvalue weighted by molar-refractivity contribution is 7.91. The Balaban J connectivity index is 1.86. The number of hydrogen-bond acceptors (Lipinski definition) is 3. The van der Waals surface area contributed by atoms with Crippen molar-refractivity contribution in [3.05, 3.63) is 36.0 Å². The van der Waals surface area contributed by atoms with Crippen LogP contribution in [0.4, 0.5) is 0 Å². The topological polar surface area (TPSA) is 53.2 Å². The number of sulfone groups is 1. The van der Waals surface area contributed by atoms with Gasteiger partial charge in [0, 0.05) is 29.7 Å². The largest absolute Gasteiger partial charge is 0.361 e. The van der Waals surface area contributed by atoms with Crippen molar-refractivity contribution >= 4 is 20.7 Å². The Morgan fingerprint density at radius 2 is 2.24 bits per heavy atom. The molecule has 110 valence electrons. The predicted molar refractivity (Wildman–Crippen MR) is 84.6 cm³/mol. The highest BCUT2D eigenvalue weighted by Gasteiger charge is 2.32. The first kappa shape index (κ1) is 14.2. The number of fused-ring (bicyclic) bond motifs is 1. The number of aromatic amines is 1. The number of benzene rings is 1. The van der Waals surface area contributed by atoms with Gasteiger partial charge in [0.15, 0.2) is 9.84 Å². The molecule has 0 unspecified atom stereocenters. The van der Waals surface area contributed by atoms with E-state index in [1.807, 2.05) is 24.4 Å². The van der Waals surface area contributed by atoms with Gasteiger partial charge in [-0.3, -0.25) is 4.90 Å². The number of H-pyrrole nitrogens is 1. The second kappa shape index (κ2) is 5.55. The van der Waals surface area contributed by atoms with E-state index in [0.717, 1.165) is 5.52 Å². The van der Waals surface area contributed by atoms with Crippen LogP contribution in [-0.4, -0.2) is 42.4 Å². The van der Waals surface area contributed by atoms with Gasteiger partial charge in [-0.1, -0.05) is 18.1 Å². The lowest BCUT2D eigenvalue weighted by Gasteiger charge is -2.26. The van der Waals surface area contributed by atoms with E-state index in [-0.39, 0.29) is 17.5 Å². The summed E-state index contributed by atoms with van der Waals surface area (Å²) in [7, 11) is -2.90. The lowest BCUT2D eigenvalue weighted by atomic mass is 10.1. The summed E-state index contributed by atoms with van der Waals surface area (Å²) in [6.45, 7) is 1.15. The molecule has 0 amide bonds.